The smallest absolute Gasteiger partial charge is 0.297 e. The third kappa shape index (κ3) is 2.97. The van der Waals surface area contributed by atoms with Crippen molar-refractivity contribution in [2.24, 2.45) is 0 Å². The van der Waals surface area contributed by atoms with Crippen molar-refractivity contribution in [3.8, 4) is 0 Å². The van der Waals surface area contributed by atoms with E-state index in [0.29, 0.717) is 28.6 Å². The monoisotopic (exact) mass is 512 g/mol. The molecule has 0 saturated carbocycles. The fourth-order valence-electron chi connectivity index (χ4n) is 5.38. The number of hydrogen-bond acceptors (Lipinski definition) is 7. The zero-order valence-corrected chi connectivity index (χ0v) is 21.5. The first kappa shape index (κ1) is 23.3. The van der Waals surface area contributed by atoms with Gasteiger partial charge < -0.3 is 9.32 Å². The Morgan fingerprint density at radius 2 is 1.86 bits per heavy atom. The van der Waals surface area contributed by atoms with E-state index in [1.54, 1.807) is 35.2 Å². The lowest BCUT2D eigenvalue weighted by Gasteiger charge is -2.31. The molecular weight excluding hydrogens is 488 g/mol. The number of rotatable bonds is 5. The Balaban J connectivity index is 1.75. The van der Waals surface area contributed by atoms with E-state index in [1.807, 2.05) is 32.9 Å². The Morgan fingerprint density at radius 1 is 1.11 bits per heavy atom. The number of amides is 2. The third-order valence-corrected chi connectivity index (χ3v) is 8.13. The summed E-state index contributed by atoms with van der Waals surface area (Å²) in [6, 6.07) is 10.7. The van der Waals surface area contributed by atoms with E-state index in [0.717, 1.165) is 22.6 Å². The van der Waals surface area contributed by atoms with Crippen molar-refractivity contribution in [1.29, 1.82) is 0 Å². The number of fused-ring (bicyclic) bond motifs is 5. The van der Waals surface area contributed by atoms with Crippen LogP contribution in [0.3, 0.4) is 0 Å². The van der Waals surface area contributed by atoms with Gasteiger partial charge in [-0.05, 0) is 49.6 Å². The fraction of sp³-hybridized carbons (Fsp3) is 0.250. The summed E-state index contributed by atoms with van der Waals surface area (Å²) in [5, 5.41) is 9.90. The molecule has 37 heavy (non-hydrogen) atoms. The molecule has 2 aliphatic rings. The molecule has 0 radical (unpaired) electrons. The predicted molar refractivity (Wildman–Crippen MR) is 142 cm³/mol. The molecule has 4 heterocycles. The molecule has 0 N–H and O–H groups in total. The SMILES string of the molecule is C=CCN1C(=O)C2(c3ccccc31)c1c(oc3cc(C)c(C)cc3c1=O)C(=O)N2c1nnc(CCC)s1. The molecular formula is C28H24N4O4S. The highest BCUT2D eigenvalue weighted by Crippen LogP contribution is 2.54. The standard InChI is InChI=1S/C28H24N4O4S/c1-5-9-21-29-30-27(37-21)32-25(34)24-22(23(33)17-13-15(3)16(4)14-20(17)36-24)28(32)18-10-7-8-11-19(18)31(12-6-2)26(28)35/h6-8,10-11,13-14H,2,5,9,12H2,1,3-4H3. The quantitative estimate of drug-likeness (QED) is 0.361. The van der Waals surface area contributed by atoms with Crippen LogP contribution in [0.4, 0.5) is 10.8 Å². The van der Waals surface area contributed by atoms with E-state index >= 15 is 0 Å². The Hall–Kier alpha value is -4.11. The molecule has 2 aliphatic heterocycles. The normalized spacial score (nSPS) is 18.2. The highest BCUT2D eigenvalue weighted by molar-refractivity contribution is 7.15. The van der Waals surface area contributed by atoms with Gasteiger partial charge in [-0.2, -0.15) is 0 Å². The molecule has 2 amide bonds. The highest BCUT2D eigenvalue weighted by atomic mass is 32.1. The maximum atomic E-state index is 14.5. The first-order valence-corrected chi connectivity index (χ1v) is 12.9. The molecule has 1 atom stereocenters. The minimum atomic E-state index is -1.76. The van der Waals surface area contributed by atoms with Crippen LogP contribution in [0.1, 0.15) is 51.2 Å². The van der Waals surface area contributed by atoms with E-state index < -0.39 is 22.8 Å². The molecule has 2 aromatic carbocycles. The molecule has 8 nitrogen and oxygen atoms in total. The van der Waals surface area contributed by atoms with Crippen LogP contribution < -0.4 is 15.2 Å². The van der Waals surface area contributed by atoms with E-state index in [2.05, 4.69) is 16.8 Å². The largest absolute Gasteiger partial charge is 0.450 e. The first-order chi connectivity index (χ1) is 17.8. The Bertz CT molecular complexity index is 1700. The molecule has 0 aliphatic carbocycles. The van der Waals surface area contributed by atoms with E-state index in [4.69, 9.17) is 4.42 Å². The minimum absolute atomic E-state index is 0.0181. The van der Waals surface area contributed by atoms with Gasteiger partial charge in [0.25, 0.3) is 11.8 Å². The molecule has 6 rings (SSSR count). The van der Waals surface area contributed by atoms with Gasteiger partial charge in [0.15, 0.2) is 11.0 Å². The number of carbonyl (C=O) groups is 2. The Morgan fingerprint density at radius 3 is 2.62 bits per heavy atom. The van der Waals surface area contributed by atoms with Gasteiger partial charge in [-0.3, -0.25) is 19.3 Å². The van der Waals surface area contributed by atoms with Crippen LogP contribution in [-0.4, -0.2) is 28.6 Å². The molecule has 4 aromatic rings. The van der Waals surface area contributed by atoms with Crippen LogP contribution in [0, 0.1) is 13.8 Å². The maximum absolute atomic E-state index is 14.5. The average molecular weight is 513 g/mol. The van der Waals surface area contributed by atoms with Crippen molar-refractivity contribution in [2.45, 2.75) is 39.2 Å². The van der Waals surface area contributed by atoms with Crippen molar-refractivity contribution >= 4 is 44.9 Å². The second-order valence-corrected chi connectivity index (χ2v) is 10.4. The lowest BCUT2D eigenvalue weighted by molar-refractivity contribution is -0.121. The summed E-state index contributed by atoms with van der Waals surface area (Å²) >= 11 is 1.24. The van der Waals surface area contributed by atoms with E-state index in [9.17, 15) is 14.4 Å². The predicted octanol–water partition coefficient (Wildman–Crippen LogP) is 4.65. The van der Waals surface area contributed by atoms with Crippen LogP contribution >= 0.6 is 11.3 Å². The minimum Gasteiger partial charge on any atom is -0.450 e. The molecule has 9 heteroatoms. The first-order valence-electron chi connectivity index (χ1n) is 12.1. The van der Waals surface area contributed by atoms with Crippen molar-refractivity contribution in [1.82, 2.24) is 10.2 Å². The third-order valence-electron chi connectivity index (χ3n) is 7.16. The summed E-state index contributed by atoms with van der Waals surface area (Å²) in [7, 11) is 0. The number of hydrogen-bond donors (Lipinski definition) is 0. The molecule has 1 unspecified atom stereocenters. The van der Waals surface area contributed by atoms with Gasteiger partial charge in [0.2, 0.25) is 10.9 Å². The Labute approximate surface area is 216 Å². The number of nitrogens with zero attached hydrogens (tertiary/aromatic N) is 4. The number of benzene rings is 2. The summed E-state index contributed by atoms with van der Waals surface area (Å²) in [4.78, 5) is 45.7. The van der Waals surface area contributed by atoms with Gasteiger partial charge in [0.05, 0.1) is 16.6 Å². The Kier molecular flexibility index (Phi) is 5.17. The number of anilines is 2. The topological polar surface area (TPSA) is 96.6 Å². The van der Waals surface area contributed by atoms with Crippen molar-refractivity contribution in [3.63, 3.8) is 0 Å². The van der Waals surface area contributed by atoms with Crippen LogP contribution in [0.25, 0.3) is 11.0 Å². The highest BCUT2D eigenvalue weighted by Gasteiger charge is 2.66. The van der Waals surface area contributed by atoms with Gasteiger partial charge >= 0.3 is 0 Å². The molecule has 0 fully saturated rings. The van der Waals surface area contributed by atoms with Gasteiger partial charge in [-0.25, -0.2) is 0 Å². The molecule has 2 aromatic heterocycles. The molecule has 1 spiro atoms. The number of aromatic nitrogens is 2. The lowest BCUT2D eigenvalue weighted by Crippen LogP contribution is -2.53. The zero-order valence-electron chi connectivity index (χ0n) is 20.7. The fourth-order valence-corrected chi connectivity index (χ4v) is 6.37. The number of aryl methyl sites for hydroxylation is 3. The molecule has 0 saturated heterocycles. The van der Waals surface area contributed by atoms with E-state index in [-0.39, 0.29) is 23.0 Å². The summed E-state index contributed by atoms with van der Waals surface area (Å²) in [5.41, 5.74) is 1.13. The van der Waals surface area contributed by atoms with E-state index in [1.165, 1.54) is 16.2 Å². The van der Waals surface area contributed by atoms with Gasteiger partial charge in [-0.1, -0.05) is 42.5 Å². The molecule has 0 bridgehead atoms. The lowest BCUT2D eigenvalue weighted by atomic mass is 9.84. The summed E-state index contributed by atoms with van der Waals surface area (Å²) in [5.74, 6) is -1.16. The zero-order chi connectivity index (χ0) is 26.1. The number of carbonyl (C=O) groups excluding carboxylic acids is 2. The van der Waals surface area contributed by atoms with Crippen molar-refractivity contribution < 1.29 is 14.0 Å². The van der Waals surface area contributed by atoms with Crippen LogP contribution in [-0.2, 0) is 16.8 Å². The second-order valence-electron chi connectivity index (χ2n) is 9.37. The van der Waals surface area contributed by atoms with Crippen LogP contribution in [0.2, 0.25) is 0 Å². The van der Waals surface area contributed by atoms with Gasteiger partial charge in [0, 0.05) is 18.5 Å². The second kappa shape index (κ2) is 8.21. The van der Waals surface area contributed by atoms with Crippen molar-refractivity contribution in [3.05, 3.63) is 92.3 Å². The molecule has 186 valence electrons. The summed E-state index contributed by atoms with van der Waals surface area (Å²) < 4.78 is 6.16. The van der Waals surface area contributed by atoms with Gasteiger partial charge in [0.1, 0.15) is 10.6 Å². The van der Waals surface area contributed by atoms with Gasteiger partial charge in [-0.15, -0.1) is 16.8 Å². The van der Waals surface area contributed by atoms with Crippen molar-refractivity contribution in [2.75, 3.05) is 16.3 Å². The average Bonchev–Trinajstić information content (AvgIpc) is 3.51. The van der Waals surface area contributed by atoms with Crippen LogP contribution in [0.15, 0.2) is 58.3 Å². The summed E-state index contributed by atoms with van der Waals surface area (Å²) in [6.07, 6.45) is 3.16. The van der Waals surface area contributed by atoms with Crippen LogP contribution in [0.5, 0.6) is 0 Å². The maximum Gasteiger partial charge on any atom is 0.297 e. The summed E-state index contributed by atoms with van der Waals surface area (Å²) in [6.45, 7) is 9.87. The number of para-hydroxylation sites is 1.